The van der Waals surface area contributed by atoms with Crippen LogP contribution in [-0.2, 0) is 11.2 Å². The number of methoxy groups -OCH3 is 1. The lowest BCUT2D eigenvalue weighted by molar-refractivity contribution is 0.0868. The molecule has 4 heteroatoms. The van der Waals surface area contributed by atoms with Gasteiger partial charge in [-0.25, -0.2) is 0 Å². The van der Waals surface area contributed by atoms with Crippen molar-refractivity contribution in [2.24, 2.45) is 0 Å². The van der Waals surface area contributed by atoms with Crippen LogP contribution in [0.4, 0.5) is 0 Å². The zero-order chi connectivity index (χ0) is 14.5. The number of aliphatic hydroxyl groups excluding tert-OH is 1. The predicted octanol–water partition coefficient (Wildman–Crippen LogP) is 1.76. The average Bonchev–Trinajstić information content (AvgIpc) is 2.38. The van der Waals surface area contributed by atoms with Gasteiger partial charge >= 0.3 is 0 Å². The van der Waals surface area contributed by atoms with Crippen molar-refractivity contribution in [1.29, 1.82) is 0 Å². The van der Waals surface area contributed by atoms with Gasteiger partial charge in [0.05, 0.1) is 18.2 Å². The molecule has 1 rings (SSSR count). The minimum Gasteiger partial charge on any atom is -0.394 e. The van der Waals surface area contributed by atoms with E-state index in [1.165, 1.54) is 0 Å². The van der Waals surface area contributed by atoms with Gasteiger partial charge in [0.2, 0.25) is 0 Å². The monoisotopic (exact) mass is 265 g/mol. The normalized spacial score (nSPS) is 13.1. The number of hydrogen-bond donors (Lipinski definition) is 2. The second-order valence-electron chi connectivity index (χ2n) is 5.45. The number of nitrogens with one attached hydrogen (secondary N) is 1. The van der Waals surface area contributed by atoms with Crippen LogP contribution in [0.3, 0.4) is 0 Å². The van der Waals surface area contributed by atoms with Gasteiger partial charge in [0.25, 0.3) is 5.91 Å². The van der Waals surface area contributed by atoms with Crippen molar-refractivity contribution in [3.63, 3.8) is 0 Å². The standard InChI is InChI=1S/C15H23NO3/c1-11(19-4)8-12-6-5-7-13(9-12)14(18)16-15(2,3)10-17/h5-7,9,11,17H,8,10H2,1-4H3,(H,16,18). The second-order valence-corrected chi connectivity index (χ2v) is 5.45. The van der Waals surface area contributed by atoms with Crippen LogP contribution in [0.2, 0.25) is 0 Å². The maximum Gasteiger partial charge on any atom is 0.251 e. The van der Waals surface area contributed by atoms with Crippen LogP contribution in [0.1, 0.15) is 36.7 Å². The number of hydrogen-bond acceptors (Lipinski definition) is 3. The van der Waals surface area contributed by atoms with E-state index in [0.29, 0.717) is 5.56 Å². The first-order valence-corrected chi connectivity index (χ1v) is 6.43. The van der Waals surface area contributed by atoms with Crippen LogP contribution in [0.25, 0.3) is 0 Å². The van der Waals surface area contributed by atoms with Crippen LogP contribution >= 0.6 is 0 Å². The number of rotatable bonds is 6. The molecule has 0 saturated carbocycles. The number of aliphatic hydroxyl groups is 1. The largest absolute Gasteiger partial charge is 0.394 e. The Bertz CT molecular complexity index is 429. The number of benzene rings is 1. The zero-order valence-electron chi connectivity index (χ0n) is 12.1. The van der Waals surface area contributed by atoms with Gasteiger partial charge in [0.1, 0.15) is 0 Å². The van der Waals surface area contributed by atoms with Crippen molar-refractivity contribution < 1.29 is 14.6 Å². The van der Waals surface area contributed by atoms with E-state index >= 15 is 0 Å². The lowest BCUT2D eigenvalue weighted by atomic mass is 10.0. The van der Waals surface area contributed by atoms with E-state index in [1.54, 1.807) is 27.0 Å². The lowest BCUT2D eigenvalue weighted by Crippen LogP contribution is -2.46. The molecule has 0 heterocycles. The summed E-state index contributed by atoms with van der Waals surface area (Å²) >= 11 is 0. The quantitative estimate of drug-likeness (QED) is 0.824. The maximum absolute atomic E-state index is 12.1. The summed E-state index contributed by atoms with van der Waals surface area (Å²) in [6.07, 6.45) is 0.883. The Morgan fingerprint density at radius 3 is 2.74 bits per heavy atom. The van der Waals surface area contributed by atoms with Crippen LogP contribution in [-0.4, -0.2) is 36.4 Å². The molecule has 2 N–H and O–H groups in total. The molecule has 0 radical (unpaired) electrons. The van der Waals surface area contributed by atoms with Gasteiger partial charge in [-0.1, -0.05) is 12.1 Å². The van der Waals surface area contributed by atoms with Crippen molar-refractivity contribution in [1.82, 2.24) is 5.32 Å². The van der Waals surface area contributed by atoms with Crippen molar-refractivity contribution in [2.45, 2.75) is 38.8 Å². The van der Waals surface area contributed by atoms with E-state index in [4.69, 9.17) is 9.84 Å². The molecular weight excluding hydrogens is 242 g/mol. The third-order valence-corrected chi connectivity index (χ3v) is 2.96. The summed E-state index contributed by atoms with van der Waals surface area (Å²) in [7, 11) is 1.67. The molecular formula is C15H23NO3. The topological polar surface area (TPSA) is 58.6 Å². The first-order valence-electron chi connectivity index (χ1n) is 6.43. The Balaban J connectivity index is 2.78. The van der Waals surface area contributed by atoms with E-state index in [9.17, 15) is 4.79 Å². The maximum atomic E-state index is 12.1. The molecule has 0 aliphatic rings. The fourth-order valence-corrected chi connectivity index (χ4v) is 1.67. The Morgan fingerprint density at radius 2 is 2.16 bits per heavy atom. The van der Waals surface area contributed by atoms with E-state index in [-0.39, 0.29) is 18.6 Å². The Labute approximate surface area is 114 Å². The van der Waals surface area contributed by atoms with Crippen LogP contribution in [0.15, 0.2) is 24.3 Å². The fraction of sp³-hybridized carbons (Fsp3) is 0.533. The predicted molar refractivity (Wildman–Crippen MR) is 75.2 cm³/mol. The highest BCUT2D eigenvalue weighted by Gasteiger charge is 2.20. The summed E-state index contributed by atoms with van der Waals surface area (Å²) in [6.45, 7) is 5.45. The minimum absolute atomic E-state index is 0.0981. The molecule has 4 nitrogen and oxygen atoms in total. The molecule has 1 unspecified atom stereocenters. The van der Waals surface area contributed by atoms with E-state index in [1.807, 2.05) is 25.1 Å². The molecule has 0 saturated heterocycles. The SMILES string of the molecule is COC(C)Cc1cccc(C(=O)NC(C)(C)CO)c1. The van der Waals surface area contributed by atoms with Crippen molar-refractivity contribution >= 4 is 5.91 Å². The molecule has 1 aromatic rings. The van der Waals surface area contributed by atoms with Gasteiger partial charge in [0.15, 0.2) is 0 Å². The summed E-state index contributed by atoms with van der Waals surface area (Å²) in [6, 6.07) is 7.46. The van der Waals surface area contributed by atoms with E-state index in [2.05, 4.69) is 5.32 Å². The zero-order valence-corrected chi connectivity index (χ0v) is 12.1. The fourth-order valence-electron chi connectivity index (χ4n) is 1.67. The number of carbonyl (C=O) groups is 1. The second kappa shape index (κ2) is 6.68. The highest BCUT2D eigenvalue weighted by atomic mass is 16.5. The summed E-state index contributed by atoms with van der Waals surface area (Å²) in [5.41, 5.74) is 1.04. The van der Waals surface area contributed by atoms with Crippen LogP contribution in [0.5, 0.6) is 0 Å². The third kappa shape index (κ3) is 5.01. The molecule has 1 aromatic carbocycles. The average molecular weight is 265 g/mol. The highest BCUT2D eigenvalue weighted by Crippen LogP contribution is 2.10. The number of carbonyl (C=O) groups excluding carboxylic acids is 1. The Hall–Kier alpha value is -1.39. The Kier molecular flexibility index (Phi) is 5.51. The number of ether oxygens (including phenoxy) is 1. The van der Waals surface area contributed by atoms with E-state index < -0.39 is 5.54 Å². The Morgan fingerprint density at radius 1 is 1.47 bits per heavy atom. The number of amides is 1. The van der Waals surface area contributed by atoms with Gasteiger partial charge in [0, 0.05) is 12.7 Å². The highest BCUT2D eigenvalue weighted by molar-refractivity contribution is 5.94. The van der Waals surface area contributed by atoms with Crippen molar-refractivity contribution in [3.05, 3.63) is 35.4 Å². The van der Waals surface area contributed by atoms with Gasteiger partial charge < -0.3 is 15.2 Å². The molecule has 0 aromatic heterocycles. The molecule has 0 aliphatic heterocycles. The van der Waals surface area contributed by atoms with E-state index in [0.717, 1.165) is 12.0 Å². The molecule has 0 bridgehead atoms. The summed E-state index contributed by atoms with van der Waals surface area (Å²) in [4.78, 5) is 12.1. The molecule has 0 fully saturated rings. The van der Waals surface area contributed by atoms with Gasteiger partial charge in [-0.2, -0.15) is 0 Å². The first kappa shape index (κ1) is 15.7. The third-order valence-electron chi connectivity index (χ3n) is 2.96. The van der Waals surface area contributed by atoms with Gasteiger partial charge in [-0.15, -0.1) is 0 Å². The smallest absolute Gasteiger partial charge is 0.251 e. The minimum atomic E-state index is -0.618. The van der Waals surface area contributed by atoms with Gasteiger partial charge in [-0.3, -0.25) is 4.79 Å². The van der Waals surface area contributed by atoms with Crippen LogP contribution in [0, 0.1) is 0 Å². The molecule has 19 heavy (non-hydrogen) atoms. The first-order chi connectivity index (χ1) is 8.88. The molecule has 106 valence electrons. The molecule has 1 atom stereocenters. The lowest BCUT2D eigenvalue weighted by Gasteiger charge is -2.23. The summed E-state index contributed by atoms with van der Waals surface area (Å²) in [5, 5.41) is 12.0. The summed E-state index contributed by atoms with van der Waals surface area (Å²) < 4.78 is 5.22. The van der Waals surface area contributed by atoms with Gasteiger partial charge in [-0.05, 0) is 44.9 Å². The molecule has 0 spiro atoms. The summed E-state index contributed by atoms with van der Waals surface area (Å²) in [5.74, 6) is -0.175. The van der Waals surface area contributed by atoms with Crippen LogP contribution < -0.4 is 5.32 Å². The van der Waals surface area contributed by atoms with Crippen molar-refractivity contribution in [2.75, 3.05) is 13.7 Å². The van der Waals surface area contributed by atoms with Crippen molar-refractivity contribution in [3.8, 4) is 0 Å². The molecule has 1 amide bonds. The molecule has 0 aliphatic carbocycles.